The van der Waals surface area contributed by atoms with Gasteiger partial charge in [0.2, 0.25) is 5.91 Å². The zero-order chi connectivity index (χ0) is 18.4. The zero-order valence-electron chi connectivity index (χ0n) is 16.1. The molecule has 0 aliphatic carbocycles. The third kappa shape index (κ3) is 6.62. The van der Waals surface area contributed by atoms with E-state index in [1.165, 1.54) is 0 Å². The summed E-state index contributed by atoms with van der Waals surface area (Å²) in [5, 5.41) is 6.68. The molecular weight excluding hydrogens is 443 g/mol. The van der Waals surface area contributed by atoms with Crippen LogP contribution in [-0.2, 0) is 11.3 Å². The number of rotatable bonds is 4. The van der Waals surface area contributed by atoms with Gasteiger partial charge in [0.1, 0.15) is 5.82 Å². The van der Waals surface area contributed by atoms with Crippen molar-refractivity contribution < 1.29 is 4.79 Å². The quantitative estimate of drug-likeness (QED) is 0.352. The fourth-order valence-electron chi connectivity index (χ4n) is 2.97. The number of carbonyl (C=O) groups is 1. The Labute approximate surface area is 173 Å². The van der Waals surface area contributed by atoms with Crippen molar-refractivity contribution in [2.24, 2.45) is 16.6 Å². The molecule has 1 saturated heterocycles. The fourth-order valence-corrected chi connectivity index (χ4v) is 2.97. The molecule has 4 N–H and O–H groups in total. The third-order valence-corrected chi connectivity index (χ3v) is 4.15. The molecule has 7 nitrogen and oxygen atoms in total. The van der Waals surface area contributed by atoms with Crippen LogP contribution in [0.5, 0.6) is 0 Å². The number of aliphatic imine (C=N–C) groups is 1. The molecule has 2 heterocycles. The van der Waals surface area contributed by atoms with E-state index in [4.69, 9.17) is 5.73 Å². The number of aromatic nitrogens is 1. The molecule has 1 aromatic rings. The Kier molecular flexibility index (Phi) is 8.58. The summed E-state index contributed by atoms with van der Waals surface area (Å²) >= 11 is 0. The van der Waals surface area contributed by atoms with Crippen LogP contribution in [0, 0.1) is 5.92 Å². The van der Waals surface area contributed by atoms with Crippen LogP contribution in [0.3, 0.4) is 0 Å². The smallest absolute Gasteiger partial charge is 0.222 e. The number of amides is 1. The molecule has 1 atom stereocenters. The summed E-state index contributed by atoms with van der Waals surface area (Å²) < 4.78 is 0. The van der Waals surface area contributed by atoms with E-state index in [9.17, 15) is 4.79 Å². The Morgan fingerprint density at radius 2 is 2.19 bits per heavy atom. The summed E-state index contributed by atoms with van der Waals surface area (Å²) in [6.07, 6.45) is 3.59. The van der Waals surface area contributed by atoms with Gasteiger partial charge in [-0.25, -0.2) is 4.98 Å². The van der Waals surface area contributed by atoms with Gasteiger partial charge in [0.05, 0.1) is 5.92 Å². The van der Waals surface area contributed by atoms with Gasteiger partial charge in [-0.2, -0.15) is 0 Å². The van der Waals surface area contributed by atoms with Crippen molar-refractivity contribution in [3.63, 3.8) is 0 Å². The molecule has 146 valence electrons. The van der Waals surface area contributed by atoms with E-state index in [0.29, 0.717) is 13.1 Å². The Morgan fingerprint density at radius 3 is 2.81 bits per heavy atom. The van der Waals surface area contributed by atoms with E-state index in [-0.39, 0.29) is 41.3 Å². The molecule has 0 radical (unpaired) electrons. The summed E-state index contributed by atoms with van der Waals surface area (Å²) in [5.41, 5.74) is 6.50. The first-order valence-corrected chi connectivity index (χ1v) is 8.77. The summed E-state index contributed by atoms with van der Waals surface area (Å²) in [5.74, 6) is 1.32. The van der Waals surface area contributed by atoms with Gasteiger partial charge in [0.15, 0.2) is 5.96 Å². The highest BCUT2D eigenvalue weighted by atomic mass is 127. The second-order valence-corrected chi connectivity index (χ2v) is 7.47. The number of nitrogens with one attached hydrogen (secondary N) is 2. The molecular formula is C18H31IN6O. The molecule has 0 saturated carbocycles. The number of hydrogen-bond acceptors (Lipinski definition) is 4. The lowest BCUT2D eigenvalue weighted by Gasteiger charge is -2.33. The molecule has 0 spiro atoms. The largest absolute Gasteiger partial charge is 0.369 e. The van der Waals surface area contributed by atoms with Gasteiger partial charge in [-0.1, -0.05) is 6.07 Å². The second kappa shape index (κ2) is 9.94. The van der Waals surface area contributed by atoms with Gasteiger partial charge in [-0.15, -0.1) is 24.0 Å². The third-order valence-electron chi connectivity index (χ3n) is 4.15. The van der Waals surface area contributed by atoms with Crippen LogP contribution in [0.4, 0.5) is 5.82 Å². The minimum atomic E-state index is -0.227. The summed E-state index contributed by atoms with van der Waals surface area (Å²) in [4.78, 5) is 22.5. The van der Waals surface area contributed by atoms with Crippen LogP contribution >= 0.6 is 24.0 Å². The maximum absolute atomic E-state index is 11.5. The number of anilines is 1. The summed E-state index contributed by atoms with van der Waals surface area (Å²) in [6, 6.07) is 3.98. The van der Waals surface area contributed by atoms with Crippen molar-refractivity contribution >= 4 is 41.7 Å². The minimum absolute atomic E-state index is 0. The Balaban J connectivity index is 0.00000338. The highest BCUT2D eigenvalue weighted by molar-refractivity contribution is 14.0. The van der Waals surface area contributed by atoms with Crippen LogP contribution < -0.4 is 21.3 Å². The van der Waals surface area contributed by atoms with Crippen molar-refractivity contribution in [1.82, 2.24) is 15.6 Å². The SMILES string of the molecule is CN=C(NCc1cccnc1N1CCCC(C(N)=O)C1)NC(C)(C)C.I. The van der Waals surface area contributed by atoms with Crippen molar-refractivity contribution in [3.05, 3.63) is 23.9 Å². The number of nitrogens with two attached hydrogens (primary N) is 1. The number of nitrogens with zero attached hydrogens (tertiary/aromatic N) is 3. The van der Waals surface area contributed by atoms with E-state index in [2.05, 4.69) is 46.3 Å². The zero-order valence-corrected chi connectivity index (χ0v) is 18.4. The number of guanidine groups is 1. The van der Waals surface area contributed by atoms with Crippen molar-refractivity contribution in [2.75, 3.05) is 25.0 Å². The molecule has 1 fully saturated rings. The van der Waals surface area contributed by atoms with E-state index in [1.54, 1.807) is 13.2 Å². The van der Waals surface area contributed by atoms with Crippen LogP contribution in [0.15, 0.2) is 23.3 Å². The normalized spacial score (nSPS) is 18.1. The van der Waals surface area contributed by atoms with Gasteiger partial charge >= 0.3 is 0 Å². The molecule has 2 rings (SSSR count). The molecule has 1 amide bonds. The lowest BCUT2D eigenvalue weighted by molar-refractivity contribution is -0.122. The number of hydrogen-bond donors (Lipinski definition) is 3. The van der Waals surface area contributed by atoms with E-state index in [1.807, 2.05) is 12.1 Å². The minimum Gasteiger partial charge on any atom is -0.369 e. The number of primary amides is 1. The predicted octanol–water partition coefficient (Wildman–Crippen LogP) is 1.86. The number of halogens is 1. The highest BCUT2D eigenvalue weighted by Gasteiger charge is 2.26. The van der Waals surface area contributed by atoms with Gasteiger partial charge in [0.25, 0.3) is 0 Å². The van der Waals surface area contributed by atoms with Gasteiger partial charge in [-0.05, 0) is 39.7 Å². The van der Waals surface area contributed by atoms with Gasteiger partial charge in [-0.3, -0.25) is 9.79 Å². The van der Waals surface area contributed by atoms with E-state index < -0.39 is 0 Å². The van der Waals surface area contributed by atoms with Crippen LogP contribution in [0.25, 0.3) is 0 Å². The second-order valence-electron chi connectivity index (χ2n) is 7.47. The lowest BCUT2D eigenvalue weighted by Crippen LogP contribution is -2.47. The monoisotopic (exact) mass is 474 g/mol. The van der Waals surface area contributed by atoms with E-state index >= 15 is 0 Å². The van der Waals surface area contributed by atoms with Gasteiger partial charge in [0, 0.05) is 44.0 Å². The predicted molar refractivity (Wildman–Crippen MR) is 117 cm³/mol. The molecule has 8 heteroatoms. The lowest BCUT2D eigenvalue weighted by atomic mass is 9.97. The Hall–Kier alpha value is -1.58. The number of piperidine rings is 1. The molecule has 26 heavy (non-hydrogen) atoms. The molecule has 1 unspecified atom stereocenters. The first-order chi connectivity index (χ1) is 11.8. The average molecular weight is 474 g/mol. The first-order valence-electron chi connectivity index (χ1n) is 8.77. The summed E-state index contributed by atoms with van der Waals surface area (Å²) in [7, 11) is 1.76. The Morgan fingerprint density at radius 1 is 1.46 bits per heavy atom. The van der Waals surface area contributed by atoms with Crippen LogP contribution in [0.1, 0.15) is 39.2 Å². The molecule has 0 aromatic carbocycles. The van der Waals surface area contributed by atoms with Gasteiger partial charge < -0.3 is 21.3 Å². The number of carbonyl (C=O) groups excluding carboxylic acids is 1. The fraction of sp³-hybridized carbons (Fsp3) is 0.611. The van der Waals surface area contributed by atoms with Crippen molar-refractivity contribution in [3.8, 4) is 0 Å². The van der Waals surface area contributed by atoms with E-state index in [0.717, 1.165) is 36.7 Å². The molecule has 1 aliphatic heterocycles. The highest BCUT2D eigenvalue weighted by Crippen LogP contribution is 2.24. The van der Waals surface area contributed by atoms with Crippen molar-refractivity contribution in [1.29, 1.82) is 0 Å². The van der Waals surface area contributed by atoms with Crippen molar-refractivity contribution in [2.45, 2.75) is 45.7 Å². The molecule has 1 aliphatic rings. The summed E-state index contributed by atoms with van der Waals surface area (Å²) in [6.45, 7) is 8.40. The maximum atomic E-state index is 11.5. The van der Waals surface area contributed by atoms with Crippen LogP contribution in [0.2, 0.25) is 0 Å². The Bertz CT molecular complexity index is 628. The average Bonchev–Trinajstić information content (AvgIpc) is 2.58. The molecule has 0 bridgehead atoms. The molecule has 1 aromatic heterocycles. The first kappa shape index (κ1) is 22.5. The number of pyridine rings is 1. The standard InChI is InChI=1S/C18H30N6O.HI/c1-18(2,3)23-17(20-4)22-11-13-7-5-9-21-16(13)24-10-6-8-14(12-24)15(19)25;/h5,7,9,14H,6,8,10-12H2,1-4H3,(H2,19,25)(H2,20,22,23);1H. The maximum Gasteiger partial charge on any atom is 0.222 e. The van der Waals surface area contributed by atoms with Crippen LogP contribution in [-0.4, -0.2) is 42.5 Å². The topological polar surface area (TPSA) is 95.6 Å².